The Bertz CT molecular complexity index is 1020. The average molecular weight is 537 g/mol. The van der Waals surface area contributed by atoms with E-state index < -0.39 is 17.0 Å². The van der Waals surface area contributed by atoms with E-state index in [1.54, 1.807) is 37.8 Å². The molecule has 1 aliphatic carbocycles. The first-order chi connectivity index (χ1) is 17.3. The first-order valence-electron chi connectivity index (χ1n) is 12.5. The predicted molar refractivity (Wildman–Crippen MR) is 140 cm³/mol. The van der Waals surface area contributed by atoms with Gasteiger partial charge in [0.25, 0.3) is 0 Å². The third kappa shape index (κ3) is 7.46. The molecule has 0 N–H and O–H groups in total. The summed E-state index contributed by atoms with van der Waals surface area (Å²) in [7, 11) is 1.65. The fourth-order valence-electron chi connectivity index (χ4n) is 4.95. The van der Waals surface area contributed by atoms with Crippen LogP contribution < -0.4 is 9.64 Å². The van der Waals surface area contributed by atoms with Crippen LogP contribution >= 0.6 is 11.6 Å². The first kappa shape index (κ1) is 26.9. The average Bonchev–Trinajstić information content (AvgIpc) is 3.64. The molecule has 0 bridgehead atoms. The summed E-state index contributed by atoms with van der Waals surface area (Å²) in [6.07, 6.45) is 9.36. The highest BCUT2D eigenvalue weighted by atomic mass is 35.5. The number of piperidine rings is 1. The zero-order valence-corrected chi connectivity index (χ0v) is 22.4. The Morgan fingerprint density at radius 2 is 2.03 bits per heavy atom. The van der Waals surface area contributed by atoms with Crippen LogP contribution in [0.15, 0.2) is 30.6 Å². The smallest absolute Gasteiger partial charge is 0.227 e. The van der Waals surface area contributed by atoms with Crippen LogP contribution in [-0.4, -0.2) is 70.6 Å². The number of anilines is 1. The summed E-state index contributed by atoms with van der Waals surface area (Å²) in [6, 6.07) is 4.71. The van der Waals surface area contributed by atoms with Crippen molar-refractivity contribution in [2.45, 2.75) is 32.1 Å². The number of carbonyl (C=O) groups excluding carboxylic acids is 1. The van der Waals surface area contributed by atoms with Crippen LogP contribution in [0.2, 0.25) is 5.02 Å². The van der Waals surface area contributed by atoms with E-state index in [2.05, 4.69) is 14.9 Å². The second-order valence-corrected chi connectivity index (χ2v) is 11.8. The third-order valence-corrected chi connectivity index (χ3v) is 8.23. The Labute approximate surface area is 220 Å². The van der Waals surface area contributed by atoms with Crippen molar-refractivity contribution in [3.63, 3.8) is 0 Å². The lowest BCUT2D eigenvalue weighted by Crippen LogP contribution is -2.35. The SMILES string of the molecule is CN(CC[S+](C)[O-])C(=O)Cc1ccc(OCC[C@@H]2C[C@@H]2C2CCN(c3ncc(Cl)cn3)CC2)cc1F. The van der Waals surface area contributed by atoms with Crippen molar-refractivity contribution in [2.75, 3.05) is 50.2 Å². The van der Waals surface area contributed by atoms with Gasteiger partial charge in [-0.2, -0.15) is 0 Å². The highest BCUT2D eigenvalue weighted by Gasteiger charge is 2.43. The Hall–Kier alpha value is -2.10. The van der Waals surface area contributed by atoms with Crippen molar-refractivity contribution in [3.8, 4) is 5.75 Å². The van der Waals surface area contributed by atoms with Crippen LogP contribution in [0.1, 0.15) is 31.2 Å². The molecule has 3 atom stereocenters. The summed E-state index contributed by atoms with van der Waals surface area (Å²) in [5.74, 6) is 3.17. The second kappa shape index (κ2) is 12.4. The molecule has 1 unspecified atom stereocenters. The molecule has 2 aromatic rings. The molecule has 2 heterocycles. The van der Waals surface area contributed by atoms with Crippen LogP contribution in [0.3, 0.4) is 0 Å². The molecule has 1 saturated carbocycles. The highest BCUT2D eigenvalue weighted by Crippen LogP contribution is 2.49. The molecule has 1 aromatic heterocycles. The number of hydrogen-bond donors (Lipinski definition) is 0. The van der Waals surface area contributed by atoms with Crippen LogP contribution in [0.4, 0.5) is 10.3 Å². The van der Waals surface area contributed by atoms with E-state index in [0.717, 1.165) is 50.1 Å². The standard InChI is InChI=1S/C26H34ClFN4O3S/c1-31(10-12-36(2)34)25(33)14-20-3-4-22(15-24(20)28)35-11-7-19-13-23(19)18-5-8-32(9-6-18)26-29-16-21(27)17-30-26/h3-4,15-19,23H,5-14H2,1-2H3/t19-,23-,36?/m1/s1. The number of amides is 1. The number of aromatic nitrogens is 2. The molecule has 4 rings (SSSR count). The largest absolute Gasteiger partial charge is 0.617 e. The topological polar surface area (TPSA) is 81.6 Å². The molecular weight excluding hydrogens is 503 g/mol. The van der Waals surface area contributed by atoms with Gasteiger partial charge in [-0.15, -0.1) is 0 Å². The molecule has 0 radical (unpaired) electrons. The van der Waals surface area contributed by atoms with Gasteiger partial charge in [0, 0.05) is 26.2 Å². The Balaban J connectivity index is 1.15. The number of halogens is 2. The van der Waals surface area contributed by atoms with Crippen molar-refractivity contribution in [1.82, 2.24) is 14.9 Å². The maximum Gasteiger partial charge on any atom is 0.227 e. The van der Waals surface area contributed by atoms with Crippen molar-refractivity contribution in [3.05, 3.63) is 47.0 Å². The fraction of sp³-hybridized carbons (Fsp3) is 0.577. The van der Waals surface area contributed by atoms with E-state index in [1.807, 2.05) is 0 Å². The Morgan fingerprint density at radius 3 is 2.69 bits per heavy atom. The van der Waals surface area contributed by atoms with Crippen molar-refractivity contribution in [1.29, 1.82) is 0 Å². The van der Waals surface area contributed by atoms with E-state index in [1.165, 1.54) is 17.4 Å². The number of ether oxygens (including phenoxy) is 1. The minimum Gasteiger partial charge on any atom is -0.617 e. The lowest BCUT2D eigenvalue weighted by molar-refractivity contribution is -0.128. The molecular formula is C26H34ClFN4O3S. The van der Waals surface area contributed by atoms with Gasteiger partial charge in [0.2, 0.25) is 11.9 Å². The molecule has 10 heteroatoms. The molecule has 1 aromatic carbocycles. The zero-order chi connectivity index (χ0) is 25.7. The number of likely N-dealkylation sites (N-methyl/N-ethyl adjacent to an activating group) is 1. The van der Waals surface area contributed by atoms with Gasteiger partial charge in [-0.1, -0.05) is 28.8 Å². The van der Waals surface area contributed by atoms with Gasteiger partial charge in [-0.25, -0.2) is 14.4 Å². The van der Waals surface area contributed by atoms with Crippen LogP contribution in [0, 0.1) is 23.6 Å². The maximum atomic E-state index is 14.5. The number of nitrogens with zero attached hydrogens (tertiary/aromatic N) is 4. The summed E-state index contributed by atoms with van der Waals surface area (Å²) in [5.41, 5.74) is 0.342. The number of carbonyl (C=O) groups is 1. The van der Waals surface area contributed by atoms with E-state index in [9.17, 15) is 13.7 Å². The van der Waals surface area contributed by atoms with Gasteiger partial charge < -0.3 is 19.1 Å². The summed E-state index contributed by atoms with van der Waals surface area (Å²) >= 11 is 4.92. The van der Waals surface area contributed by atoms with Gasteiger partial charge in [0.15, 0.2) is 0 Å². The minimum atomic E-state index is -0.967. The number of benzene rings is 1. The van der Waals surface area contributed by atoms with Gasteiger partial charge in [0.05, 0.1) is 43.2 Å². The normalized spacial score (nSPS) is 20.8. The molecule has 1 saturated heterocycles. The van der Waals surface area contributed by atoms with Gasteiger partial charge in [0.1, 0.15) is 17.3 Å². The van der Waals surface area contributed by atoms with Crippen LogP contribution in [0.5, 0.6) is 5.75 Å². The molecule has 1 aliphatic heterocycles. The van der Waals surface area contributed by atoms with Gasteiger partial charge in [-0.3, -0.25) is 4.79 Å². The lowest BCUT2D eigenvalue weighted by atomic mass is 9.90. The maximum absolute atomic E-state index is 14.5. The number of hydrogen-bond acceptors (Lipinski definition) is 6. The van der Waals surface area contributed by atoms with Crippen molar-refractivity contribution < 1.29 is 18.5 Å². The van der Waals surface area contributed by atoms with E-state index in [4.69, 9.17) is 16.3 Å². The first-order valence-corrected chi connectivity index (χ1v) is 14.6. The summed E-state index contributed by atoms with van der Waals surface area (Å²) in [5, 5.41) is 0.552. The molecule has 196 valence electrons. The monoisotopic (exact) mass is 536 g/mol. The Kier molecular flexibility index (Phi) is 9.30. The lowest BCUT2D eigenvalue weighted by Gasteiger charge is -2.32. The van der Waals surface area contributed by atoms with E-state index >= 15 is 0 Å². The summed E-state index contributed by atoms with van der Waals surface area (Å²) in [4.78, 5) is 24.7. The van der Waals surface area contributed by atoms with E-state index in [0.29, 0.717) is 41.2 Å². The summed E-state index contributed by atoms with van der Waals surface area (Å²) < 4.78 is 31.6. The molecule has 2 fully saturated rings. The second-order valence-electron chi connectivity index (χ2n) is 9.85. The molecule has 2 aliphatic rings. The minimum absolute atomic E-state index is 0.0221. The molecule has 7 nitrogen and oxygen atoms in total. The predicted octanol–water partition coefficient (Wildman–Crippen LogP) is 3.97. The van der Waals surface area contributed by atoms with Crippen molar-refractivity contribution >= 4 is 34.6 Å². The fourth-order valence-corrected chi connectivity index (χ4v) is 5.58. The molecule has 36 heavy (non-hydrogen) atoms. The van der Waals surface area contributed by atoms with Crippen LogP contribution in [-0.2, 0) is 22.4 Å². The third-order valence-electron chi connectivity index (χ3n) is 7.28. The van der Waals surface area contributed by atoms with Gasteiger partial charge in [-0.05, 0) is 55.1 Å². The highest BCUT2D eigenvalue weighted by molar-refractivity contribution is 7.90. The number of rotatable bonds is 11. The zero-order valence-electron chi connectivity index (χ0n) is 20.9. The van der Waals surface area contributed by atoms with Gasteiger partial charge >= 0.3 is 0 Å². The van der Waals surface area contributed by atoms with E-state index in [-0.39, 0.29) is 12.3 Å². The summed E-state index contributed by atoms with van der Waals surface area (Å²) in [6.45, 7) is 2.89. The molecule has 0 spiro atoms. The van der Waals surface area contributed by atoms with Crippen LogP contribution in [0.25, 0.3) is 0 Å². The quantitative estimate of drug-likeness (QED) is 0.404. The van der Waals surface area contributed by atoms with Crippen molar-refractivity contribution in [2.24, 2.45) is 17.8 Å². The Morgan fingerprint density at radius 1 is 1.31 bits per heavy atom. The molecule has 1 amide bonds.